The molecule has 2 fully saturated rings. The van der Waals surface area contributed by atoms with Crippen LogP contribution in [0.5, 0.6) is 0 Å². The Morgan fingerprint density at radius 1 is 1.17 bits per heavy atom. The van der Waals surface area contributed by atoms with Gasteiger partial charge in [0.05, 0.1) is 0 Å². The van der Waals surface area contributed by atoms with Crippen molar-refractivity contribution in [1.29, 1.82) is 0 Å². The number of hydrogen-bond donors (Lipinski definition) is 0. The normalized spacial score (nSPS) is 28.7. The molecule has 18 heavy (non-hydrogen) atoms. The van der Waals surface area contributed by atoms with Gasteiger partial charge in [0.1, 0.15) is 0 Å². The number of ether oxygens (including phenoxy) is 1. The topological polar surface area (TPSA) is 29.5 Å². The van der Waals surface area contributed by atoms with Gasteiger partial charge in [0.2, 0.25) is 0 Å². The third kappa shape index (κ3) is 3.29. The number of amides is 1. The fourth-order valence-electron chi connectivity index (χ4n) is 3.08. The summed E-state index contributed by atoms with van der Waals surface area (Å²) in [5, 5.41) is 0. The average Bonchev–Trinajstić information content (AvgIpc) is 2.34. The number of carbonyl (C=O) groups excluding carboxylic acids is 1. The highest BCUT2D eigenvalue weighted by Crippen LogP contribution is 2.35. The first-order valence-electron chi connectivity index (χ1n) is 6.47. The molecule has 1 aliphatic heterocycles. The third-order valence-corrected chi connectivity index (χ3v) is 3.84. The molecule has 0 spiro atoms. The Bertz CT molecular complexity index is 304. The Morgan fingerprint density at radius 3 is 2.56 bits per heavy atom. The molecule has 3 nitrogen and oxygen atoms in total. The zero-order valence-corrected chi connectivity index (χ0v) is 10.2. The van der Waals surface area contributed by atoms with Crippen LogP contribution in [0.1, 0.15) is 38.5 Å². The third-order valence-electron chi connectivity index (χ3n) is 3.84. The highest BCUT2D eigenvalue weighted by Gasteiger charge is 2.38. The molecule has 1 amide bonds. The number of likely N-dealkylation sites (tertiary alicyclic amines) is 1. The van der Waals surface area contributed by atoms with Crippen LogP contribution in [0.15, 0.2) is 0 Å². The first-order chi connectivity index (χ1) is 8.47. The maximum absolute atomic E-state index is 12.0. The van der Waals surface area contributed by atoms with Crippen molar-refractivity contribution in [2.24, 2.45) is 5.92 Å². The summed E-state index contributed by atoms with van der Waals surface area (Å²) < 4.78 is 40.4. The molecule has 1 aliphatic carbocycles. The number of piperidine rings is 1. The van der Waals surface area contributed by atoms with Crippen LogP contribution in [0.3, 0.4) is 0 Å². The van der Waals surface area contributed by atoms with E-state index in [1.807, 2.05) is 0 Å². The molecule has 6 heteroatoms. The number of nitrogens with zero attached hydrogens (tertiary/aromatic N) is 1. The molecule has 0 aromatic carbocycles. The van der Waals surface area contributed by atoms with Crippen LogP contribution in [-0.4, -0.2) is 36.4 Å². The van der Waals surface area contributed by atoms with Gasteiger partial charge in [-0.3, -0.25) is 0 Å². The van der Waals surface area contributed by atoms with Crippen LogP contribution in [0.4, 0.5) is 18.0 Å². The zero-order valence-electron chi connectivity index (χ0n) is 10.2. The van der Waals surface area contributed by atoms with Gasteiger partial charge in [-0.05, 0) is 31.6 Å². The van der Waals surface area contributed by atoms with E-state index < -0.39 is 18.9 Å². The van der Waals surface area contributed by atoms with Gasteiger partial charge >= 0.3 is 12.3 Å². The van der Waals surface area contributed by atoms with Crippen molar-refractivity contribution in [2.45, 2.75) is 50.7 Å². The highest BCUT2D eigenvalue weighted by atomic mass is 19.4. The summed E-state index contributed by atoms with van der Waals surface area (Å²) in [6.45, 7) is -0.961. The molecule has 2 rings (SSSR count). The Balaban J connectivity index is 1.91. The molecular formula is C12H18F3NO2. The quantitative estimate of drug-likeness (QED) is 0.727. The number of alkyl halides is 3. The minimum Gasteiger partial charge on any atom is -0.440 e. The van der Waals surface area contributed by atoms with Crippen LogP contribution in [0.2, 0.25) is 0 Å². The van der Waals surface area contributed by atoms with Crippen LogP contribution in [0.25, 0.3) is 0 Å². The fraction of sp³-hybridized carbons (Fsp3) is 0.917. The van der Waals surface area contributed by atoms with Crippen molar-refractivity contribution in [3.63, 3.8) is 0 Å². The predicted octanol–water partition coefficient (Wildman–Crippen LogP) is 3.34. The van der Waals surface area contributed by atoms with Crippen molar-refractivity contribution in [3.8, 4) is 0 Å². The number of halogens is 3. The lowest BCUT2D eigenvalue weighted by molar-refractivity contribution is -0.163. The maximum atomic E-state index is 12.0. The predicted molar refractivity (Wildman–Crippen MR) is 59.1 cm³/mol. The summed E-state index contributed by atoms with van der Waals surface area (Å²) in [5.74, 6) is 0.450. The Morgan fingerprint density at radius 2 is 1.83 bits per heavy atom. The van der Waals surface area contributed by atoms with E-state index in [0.29, 0.717) is 12.5 Å². The molecule has 1 heterocycles. The van der Waals surface area contributed by atoms with E-state index in [-0.39, 0.29) is 6.04 Å². The summed E-state index contributed by atoms with van der Waals surface area (Å²) in [6, 6.07) is 0.0910. The molecule has 1 saturated heterocycles. The van der Waals surface area contributed by atoms with E-state index in [1.54, 1.807) is 0 Å². The molecule has 1 saturated carbocycles. The number of fused-ring (bicyclic) bond motifs is 1. The standard InChI is InChI=1S/C12H18F3NO2/c13-12(14,15)8-18-11(17)16-7-3-5-9-4-1-2-6-10(9)16/h9-10H,1-8H2. The summed E-state index contributed by atoms with van der Waals surface area (Å²) in [7, 11) is 0. The van der Waals surface area contributed by atoms with E-state index >= 15 is 0 Å². The van der Waals surface area contributed by atoms with Gasteiger partial charge in [0.25, 0.3) is 0 Å². The molecule has 0 aromatic heterocycles. The van der Waals surface area contributed by atoms with E-state index in [1.165, 1.54) is 4.90 Å². The lowest BCUT2D eigenvalue weighted by atomic mass is 9.78. The highest BCUT2D eigenvalue weighted by molar-refractivity contribution is 5.68. The molecule has 2 atom stereocenters. The molecule has 0 radical (unpaired) electrons. The molecule has 0 aromatic rings. The molecule has 2 unspecified atom stereocenters. The smallest absolute Gasteiger partial charge is 0.422 e. The second-order valence-corrected chi connectivity index (χ2v) is 5.12. The van der Waals surface area contributed by atoms with Crippen molar-refractivity contribution >= 4 is 6.09 Å². The molecule has 0 N–H and O–H groups in total. The van der Waals surface area contributed by atoms with Crippen molar-refractivity contribution in [3.05, 3.63) is 0 Å². The molecule has 0 bridgehead atoms. The van der Waals surface area contributed by atoms with Gasteiger partial charge in [0.15, 0.2) is 6.61 Å². The first kappa shape index (κ1) is 13.5. The lowest BCUT2D eigenvalue weighted by Crippen LogP contribution is -2.50. The number of carbonyl (C=O) groups is 1. The maximum Gasteiger partial charge on any atom is 0.422 e. The minimum absolute atomic E-state index is 0.0910. The molecule has 2 aliphatic rings. The van der Waals surface area contributed by atoms with E-state index in [2.05, 4.69) is 4.74 Å². The SMILES string of the molecule is O=C(OCC(F)(F)F)N1CCCC2CCCCC21. The summed E-state index contributed by atoms with van der Waals surface area (Å²) >= 11 is 0. The summed E-state index contributed by atoms with van der Waals surface area (Å²) in [5.41, 5.74) is 0. The van der Waals surface area contributed by atoms with Crippen molar-refractivity contribution in [2.75, 3.05) is 13.2 Å². The van der Waals surface area contributed by atoms with Crippen LogP contribution in [0, 0.1) is 5.92 Å². The van der Waals surface area contributed by atoms with E-state index in [0.717, 1.165) is 38.5 Å². The lowest BCUT2D eigenvalue weighted by Gasteiger charge is -2.43. The minimum atomic E-state index is -4.45. The summed E-state index contributed by atoms with van der Waals surface area (Å²) in [4.78, 5) is 13.2. The van der Waals surface area contributed by atoms with Gasteiger partial charge in [-0.15, -0.1) is 0 Å². The molecule has 104 valence electrons. The zero-order chi connectivity index (χ0) is 13.2. The first-order valence-corrected chi connectivity index (χ1v) is 6.47. The van der Waals surface area contributed by atoms with Gasteiger partial charge in [-0.25, -0.2) is 4.79 Å². The van der Waals surface area contributed by atoms with Gasteiger partial charge in [-0.2, -0.15) is 13.2 Å². The van der Waals surface area contributed by atoms with Crippen LogP contribution >= 0.6 is 0 Å². The van der Waals surface area contributed by atoms with Crippen molar-refractivity contribution < 1.29 is 22.7 Å². The number of rotatable bonds is 1. The Hall–Kier alpha value is -0.940. The monoisotopic (exact) mass is 265 g/mol. The summed E-state index contributed by atoms with van der Waals surface area (Å²) in [6.07, 6.45) is 0.868. The van der Waals surface area contributed by atoms with Crippen LogP contribution < -0.4 is 0 Å². The van der Waals surface area contributed by atoms with Crippen LogP contribution in [-0.2, 0) is 4.74 Å². The Labute approximate surface area is 104 Å². The number of hydrogen-bond acceptors (Lipinski definition) is 2. The second kappa shape index (κ2) is 5.36. The largest absolute Gasteiger partial charge is 0.440 e. The van der Waals surface area contributed by atoms with E-state index in [4.69, 9.17) is 0 Å². The van der Waals surface area contributed by atoms with Gasteiger partial charge < -0.3 is 9.64 Å². The van der Waals surface area contributed by atoms with Crippen molar-refractivity contribution in [1.82, 2.24) is 4.90 Å². The van der Waals surface area contributed by atoms with E-state index in [9.17, 15) is 18.0 Å². The van der Waals surface area contributed by atoms with Gasteiger partial charge in [0, 0.05) is 12.6 Å². The van der Waals surface area contributed by atoms with Gasteiger partial charge in [-0.1, -0.05) is 12.8 Å². The molecular weight excluding hydrogens is 247 g/mol. The fourth-order valence-corrected chi connectivity index (χ4v) is 3.08. The average molecular weight is 265 g/mol. The Kier molecular flexibility index (Phi) is 4.02. The second-order valence-electron chi connectivity index (χ2n) is 5.12.